The molecule has 0 radical (unpaired) electrons. The largest absolute Gasteiger partial charge is 0.508 e. The van der Waals surface area contributed by atoms with E-state index in [1.807, 2.05) is 29.2 Å². The zero-order valence-electron chi connectivity index (χ0n) is 17.0. The number of phenols is 2. The van der Waals surface area contributed by atoms with Crippen LogP contribution < -0.4 is 0 Å². The van der Waals surface area contributed by atoms with Gasteiger partial charge >= 0.3 is 0 Å². The van der Waals surface area contributed by atoms with Crippen molar-refractivity contribution in [2.24, 2.45) is 5.92 Å². The maximum Gasteiger partial charge on any atom is 0.222 e. The van der Waals surface area contributed by atoms with E-state index in [9.17, 15) is 15.0 Å². The Labute approximate surface area is 172 Å². The highest BCUT2D eigenvalue weighted by Gasteiger charge is 2.38. The number of amides is 1. The Kier molecular flexibility index (Phi) is 5.76. The van der Waals surface area contributed by atoms with Crippen molar-refractivity contribution in [2.75, 3.05) is 26.2 Å². The van der Waals surface area contributed by atoms with Crippen molar-refractivity contribution in [3.63, 3.8) is 0 Å². The molecule has 29 heavy (non-hydrogen) atoms. The van der Waals surface area contributed by atoms with E-state index < -0.39 is 0 Å². The summed E-state index contributed by atoms with van der Waals surface area (Å²) >= 11 is 0. The molecule has 2 aliphatic rings. The van der Waals surface area contributed by atoms with Gasteiger partial charge in [0, 0.05) is 38.6 Å². The number of nitrogens with zero attached hydrogens (tertiary/aromatic N) is 2. The van der Waals surface area contributed by atoms with Crippen molar-refractivity contribution in [2.45, 2.75) is 38.1 Å². The van der Waals surface area contributed by atoms with E-state index in [1.165, 1.54) is 5.56 Å². The van der Waals surface area contributed by atoms with Crippen LogP contribution in [0.4, 0.5) is 0 Å². The van der Waals surface area contributed by atoms with Crippen molar-refractivity contribution >= 4 is 5.91 Å². The lowest BCUT2D eigenvalue weighted by Gasteiger charge is -2.48. The van der Waals surface area contributed by atoms with Crippen molar-refractivity contribution in [3.8, 4) is 11.5 Å². The van der Waals surface area contributed by atoms with Crippen molar-refractivity contribution in [1.29, 1.82) is 0 Å². The molecule has 2 fully saturated rings. The standard InChI is InChI=1S/C24H30N2O3/c1-17-15-25-11-12-26(24(29)10-7-18-5-8-21(27)9-6-18)16-20(25)14-23(17)19-3-2-4-22(28)13-19/h2-6,8-9,13,17,20,23,27-28H,7,10-12,14-16H2,1H3/t17-,20+,23+/m0/s1. The third-order valence-electron chi connectivity index (χ3n) is 6.56. The first-order chi connectivity index (χ1) is 14.0. The van der Waals surface area contributed by atoms with Gasteiger partial charge in [0.2, 0.25) is 5.91 Å². The average Bonchev–Trinajstić information content (AvgIpc) is 2.72. The summed E-state index contributed by atoms with van der Waals surface area (Å²) in [5.41, 5.74) is 2.28. The number of carbonyl (C=O) groups is 1. The van der Waals surface area contributed by atoms with Gasteiger partial charge in [-0.15, -0.1) is 0 Å². The number of aryl methyl sites for hydroxylation is 1. The summed E-state index contributed by atoms with van der Waals surface area (Å²) in [6, 6.07) is 15.1. The van der Waals surface area contributed by atoms with Gasteiger partial charge in [-0.1, -0.05) is 31.2 Å². The number of hydrogen-bond donors (Lipinski definition) is 2. The molecule has 5 heteroatoms. The zero-order chi connectivity index (χ0) is 20.4. The van der Waals surface area contributed by atoms with E-state index >= 15 is 0 Å². The van der Waals surface area contributed by atoms with Crippen LogP contribution in [-0.2, 0) is 11.2 Å². The van der Waals surface area contributed by atoms with Crippen LogP contribution >= 0.6 is 0 Å². The Balaban J connectivity index is 1.37. The predicted octanol–water partition coefficient (Wildman–Crippen LogP) is 3.37. The van der Waals surface area contributed by atoms with Crippen LogP contribution in [0.25, 0.3) is 0 Å². The number of phenolic OH excluding ortho intramolecular Hbond substituents is 2. The van der Waals surface area contributed by atoms with Crippen LogP contribution in [0.15, 0.2) is 48.5 Å². The molecule has 0 bridgehead atoms. The first kappa shape index (κ1) is 19.8. The third-order valence-corrected chi connectivity index (χ3v) is 6.56. The molecule has 4 rings (SSSR count). The fourth-order valence-corrected chi connectivity index (χ4v) is 4.90. The molecule has 5 nitrogen and oxygen atoms in total. The topological polar surface area (TPSA) is 64.0 Å². The fraction of sp³-hybridized carbons (Fsp3) is 0.458. The summed E-state index contributed by atoms with van der Waals surface area (Å²) in [6.07, 6.45) is 2.23. The minimum Gasteiger partial charge on any atom is -0.508 e. The second-order valence-electron chi connectivity index (χ2n) is 8.57. The lowest BCUT2D eigenvalue weighted by atomic mass is 9.77. The van der Waals surface area contributed by atoms with Crippen molar-refractivity contribution < 1.29 is 15.0 Å². The Morgan fingerprint density at radius 2 is 1.83 bits per heavy atom. The van der Waals surface area contributed by atoms with Crippen LogP contribution in [0.1, 0.15) is 36.8 Å². The second-order valence-corrected chi connectivity index (χ2v) is 8.57. The molecule has 2 aliphatic heterocycles. The zero-order valence-corrected chi connectivity index (χ0v) is 17.0. The minimum absolute atomic E-state index is 0.213. The van der Waals surface area contributed by atoms with Crippen LogP contribution in [0.3, 0.4) is 0 Å². The average molecular weight is 395 g/mol. The van der Waals surface area contributed by atoms with Gasteiger partial charge in [0.1, 0.15) is 11.5 Å². The quantitative estimate of drug-likeness (QED) is 0.835. The van der Waals surface area contributed by atoms with Gasteiger partial charge in [-0.3, -0.25) is 9.69 Å². The van der Waals surface area contributed by atoms with Gasteiger partial charge in [-0.2, -0.15) is 0 Å². The summed E-state index contributed by atoms with van der Waals surface area (Å²) in [5.74, 6) is 1.74. The molecule has 154 valence electrons. The molecule has 2 N–H and O–H groups in total. The van der Waals surface area contributed by atoms with E-state index in [0.29, 0.717) is 36.5 Å². The van der Waals surface area contributed by atoms with E-state index in [2.05, 4.69) is 17.9 Å². The number of aromatic hydroxyl groups is 2. The molecular formula is C24H30N2O3. The van der Waals surface area contributed by atoms with Gasteiger partial charge in [-0.05, 0) is 60.1 Å². The molecule has 2 heterocycles. The molecule has 2 aromatic carbocycles. The Morgan fingerprint density at radius 3 is 2.59 bits per heavy atom. The third kappa shape index (κ3) is 4.56. The number of benzene rings is 2. The molecule has 0 saturated carbocycles. The first-order valence-electron chi connectivity index (χ1n) is 10.6. The van der Waals surface area contributed by atoms with Gasteiger partial charge < -0.3 is 15.1 Å². The van der Waals surface area contributed by atoms with Crippen LogP contribution in [0.2, 0.25) is 0 Å². The number of carbonyl (C=O) groups excluding carboxylic acids is 1. The highest BCUT2D eigenvalue weighted by atomic mass is 16.3. The normalized spacial score (nSPS) is 24.9. The summed E-state index contributed by atoms with van der Waals surface area (Å²) in [4.78, 5) is 17.4. The van der Waals surface area contributed by atoms with E-state index in [4.69, 9.17) is 0 Å². The van der Waals surface area contributed by atoms with Crippen molar-refractivity contribution in [1.82, 2.24) is 9.80 Å². The van der Waals surface area contributed by atoms with Crippen LogP contribution in [0.5, 0.6) is 11.5 Å². The number of hydrogen-bond acceptors (Lipinski definition) is 4. The number of fused-ring (bicyclic) bond motifs is 1. The maximum atomic E-state index is 12.8. The van der Waals surface area contributed by atoms with Gasteiger partial charge in [-0.25, -0.2) is 0 Å². The van der Waals surface area contributed by atoms with Gasteiger partial charge in [0.15, 0.2) is 0 Å². The Hall–Kier alpha value is -2.53. The Morgan fingerprint density at radius 1 is 1.03 bits per heavy atom. The molecule has 2 saturated heterocycles. The molecule has 0 aromatic heterocycles. The van der Waals surface area contributed by atoms with Gasteiger partial charge in [0.25, 0.3) is 0 Å². The highest BCUT2D eigenvalue weighted by molar-refractivity contribution is 5.76. The molecule has 0 spiro atoms. The summed E-state index contributed by atoms with van der Waals surface area (Å²) in [7, 11) is 0. The number of rotatable bonds is 4. The van der Waals surface area contributed by atoms with E-state index in [0.717, 1.165) is 38.2 Å². The van der Waals surface area contributed by atoms with Crippen LogP contribution in [-0.4, -0.2) is 58.1 Å². The summed E-state index contributed by atoms with van der Waals surface area (Å²) in [5, 5.41) is 19.3. The highest BCUT2D eigenvalue weighted by Crippen LogP contribution is 2.38. The maximum absolute atomic E-state index is 12.8. The summed E-state index contributed by atoms with van der Waals surface area (Å²) < 4.78 is 0. The number of piperazine rings is 1. The molecule has 0 unspecified atom stereocenters. The minimum atomic E-state index is 0.213. The molecular weight excluding hydrogens is 364 g/mol. The monoisotopic (exact) mass is 394 g/mol. The molecule has 1 amide bonds. The van der Waals surface area contributed by atoms with E-state index in [1.54, 1.807) is 18.2 Å². The lowest BCUT2D eigenvalue weighted by molar-refractivity contribution is -0.135. The van der Waals surface area contributed by atoms with Crippen molar-refractivity contribution in [3.05, 3.63) is 59.7 Å². The Bertz CT molecular complexity index is 851. The molecule has 2 aromatic rings. The van der Waals surface area contributed by atoms with Gasteiger partial charge in [0.05, 0.1) is 0 Å². The molecule has 3 atom stereocenters. The number of piperidine rings is 1. The van der Waals surface area contributed by atoms with Crippen LogP contribution in [0, 0.1) is 5.92 Å². The second kappa shape index (κ2) is 8.46. The lowest BCUT2D eigenvalue weighted by Crippen LogP contribution is -2.58. The first-order valence-corrected chi connectivity index (χ1v) is 10.6. The predicted molar refractivity (Wildman–Crippen MR) is 113 cm³/mol. The van der Waals surface area contributed by atoms with E-state index in [-0.39, 0.29) is 11.7 Å². The summed E-state index contributed by atoms with van der Waals surface area (Å²) in [6.45, 7) is 5.86. The SMILES string of the molecule is C[C@H]1CN2CCN(C(=O)CCc3ccc(O)cc3)C[C@H]2C[C@H]1c1cccc(O)c1. The molecule has 0 aliphatic carbocycles. The fourth-order valence-electron chi connectivity index (χ4n) is 4.90. The smallest absolute Gasteiger partial charge is 0.222 e.